The Kier molecular flexibility index (Phi) is 2.47. The zero-order valence-corrected chi connectivity index (χ0v) is 9.40. The number of aliphatic hydroxyl groups is 3. The molecule has 5 atom stereocenters. The summed E-state index contributed by atoms with van der Waals surface area (Å²) in [5, 5.41) is 38.0. The molecule has 5 unspecified atom stereocenters. The van der Waals surface area contributed by atoms with Gasteiger partial charge in [-0.05, 0) is 12.1 Å². The van der Waals surface area contributed by atoms with Crippen molar-refractivity contribution in [2.45, 2.75) is 30.7 Å². The monoisotopic (exact) mass is 275 g/mol. The minimum atomic E-state index is -1.94. The van der Waals surface area contributed by atoms with Crippen LogP contribution in [0.1, 0.15) is 6.85 Å². The molecule has 0 radical (unpaired) electrons. The Bertz CT molecular complexity index is 641. The SMILES string of the molecule is [2H]c1c([2H])c([2H])c(OC2OC(C(=O)O)C(O)C(O)C2O)c([2H])c1[2H]. The van der Waals surface area contributed by atoms with Gasteiger partial charge in [-0.3, -0.25) is 0 Å². The van der Waals surface area contributed by atoms with Crippen molar-refractivity contribution < 1.29 is 41.5 Å². The first-order valence-electron chi connectivity index (χ1n) is 7.74. The third-order valence-electron chi connectivity index (χ3n) is 2.52. The zero-order chi connectivity index (χ0) is 18.3. The van der Waals surface area contributed by atoms with Gasteiger partial charge in [0.2, 0.25) is 6.29 Å². The fourth-order valence-corrected chi connectivity index (χ4v) is 1.56. The predicted molar refractivity (Wildman–Crippen MR) is 61.4 cm³/mol. The summed E-state index contributed by atoms with van der Waals surface area (Å²) in [5.74, 6) is -2.32. The first-order valence-corrected chi connectivity index (χ1v) is 5.24. The van der Waals surface area contributed by atoms with Crippen molar-refractivity contribution in [3.8, 4) is 5.75 Å². The molecule has 1 aliphatic heterocycles. The zero-order valence-electron chi connectivity index (χ0n) is 14.4. The highest BCUT2D eigenvalue weighted by atomic mass is 16.7. The number of ether oxygens (including phenoxy) is 2. The second kappa shape index (κ2) is 5.54. The summed E-state index contributed by atoms with van der Waals surface area (Å²) in [6.45, 7) is 0. The molecule has 1 aromatic rings. The van der Waals surface area contributed by atoms with Crippen LogP contribution in [0.3, 0.4) is 0 Å². The number of hydrogen-bond donors (Lipinski definition) is 4. The number of aliphatic hydroxyl groups excluding tert-OH is 3. The van der Waals surface area contributed by atoms with Crippen LogP contribution in [0.2, 0.25) is 0 Å². The Morgan fingerprint density at radius 3 is 2.37 bits per heavy atom. The number of carboxylic acids is 1. The predicted octanol–water partition coefficient (Wildman–Crippen LogP) is -1.04. The van der Waals surface area contributed by atoms with E-state index in [1.54, 1.807) is 0 Å². The standard InChI is InChI=1S/C12H14O7/c13-7-8(14)10(11(16)17)19-12(9(7)15)18-6-4-2-1-3-5-6/h1-5,7-10,12-15H,(H,16,17)/i1D,2D,3D,4D,5D. The van der Waals surface area contributed by atoms with Gasteiger partial charge in [-0.2, -0.15) is 0 Å². The molecule has 1 fully saturated rings. The molecule has 0 spiro atoms. The van der Waals surface area contributed by atoms with Crippen molar-refractivity contribution in [2.75, 3.05) is 0 Å². The van der Waals surface area contributed by atoms with Crippen LogP contribution < -0.4 is 4.74 Å². The maximum atomic E-state index is 11.0. The number of carboxylic acid groups (broad SMARTS) is 1. The molecule has 104 valence electrons. The van der Waals surface area contributed by atoms with Gasteiger partial charge >= 0.3 is 5.97 Å². The number of benzene rings is 1. The van der Waals surface area contributed by atoms with Gasteiger partial charge in [0.25, 0.3) is 0 Å². The summed E-state index contributed by atoms with van der Waals surface area (Å²) in [6, 6.07) is -3.53. The Hall–Kier alpha value is -1.67. The molecule has 1 aromatic carbocycles. The quantitative estimate of drug-likeness (QED) is 0.556. The van der Waals surface area contributed by atoms with Crippen LogP contribution in [0.25, 0.3) is 0 Å². The van der Waals surface area contributed by atoms with Gasteiger partial charge in [-0.15, -0.1) is 0 Å². The highest BCUT2D eigenvalue weighted by Gasteiger charge is 2.48. The highest BCUT2D eigenvalue weighted by Crippen LogP contribution is 2.24. The van der Waals surface area contributed by atoms with Crippen molar-refractivity contribution in [2.24, 2.45) is 0 Å². The van der Waals surface area contributed by atoms with Crippen LogP contribution in [0, 0.1) is 0 Å². The molecule has 7 nitrogen and oxygen atoms in total. The van der Waals surface area contributed by atoms with Crippen molar-refractivity contribution in [1.82, 2.24) is 0 Å². The second-order valence-electron chi connectivity index (χ2n) is 3.81. The minimum Gasteiger partial charge on any atom is -0.479 e. The maximum Gasteiger partial charge on any atom is 0.335 e. The number of rotatable bonds is 3. The molecular weight excluding hydrogens is 256 g/mol. The molecular formula is C12H14O7. The van der Waals surface area contributed by atoms with Gasteiger partial charge < -0.3 is 29.9 Å². The van der Waals surface area contributed by atoms with E-state index in [1.807, 2.05) is 0 Å². The van der Waals surface area contributed by atoms with Crippen molar-refractivity contribution in [1.29, 1.82) is 0 Å². The smallest absolute Gasteiger partial charge is 0.335 e. The molecule has 7 heteroatoms. The summed E-state index contributed by atoms with van der Waals surface area (Å²) in [4.78, 5) is 11.0. The summed E-state index contributed by atoms with van der Waals surface area (Å²) in [7, 11) is 0. The number of aliphatic carboxylic acids is 1. The van der Waals surface area contributed by atoms with Gasteiger partial charge in [0.1, 0.15) is 24.1 Å². The summed E-state index contributed by atoms with van der Waals surface area (Å²) >= 11 is 0. The van der Waals surface area contributed by atoms with E-state index in [4.69, 9.17) is 21.4 Å². The van der Waals surface area contributed by atoms with Gasteiger partial charge in [0.05, 0.1) is 6.85 Å². The minimum absolute atomic E-state index is 0.665. The molecule has 0 aliphatic carbocycles. The lowest BCUT2D eigenvalue weighted by molar-refractivity contribution is -0.271. The van der Waals surface area contributed by atoms with E-state index in [0.717, 1.165) is 0 Å². The van der Waals surface area contributed by atoms with Crippen LogP contribution in [-0.2, 0) is 9.53 Å². The Morgan fingerprint density at radius 2 is 1.79 bits per heavy atom. The van der Waals surface area contributed by atoms with E-state index in [0.29, 0.717) is 0 Å². The van der Waals surface area contributed by atoms with Crippen LogP contribution in [0.4, 0.5) is 0 Å². The topological polar surface area (TPSA) is 116 Å². The van der Waals surface area contributed by atoms with E-state index >= 15 is 0 Å². The van der Waals surface area contributed by atoms with Crippen LogP contribution in [0.5, 0.6) is 5.75 Å². The van der Waals surface area contributed by atoms with Gasteiger partial charge in [0, 0.05) is 0 Å². The molecule has 1 aliphatic rings. The van der Waals surface area contributed by atoms with E-state index < -0.39 is 72.6 Å². The second-order valence-corrected chi connectivity index (χ2v) is 3.81. The van der Waals surface area contributed by atoms with E-state index in [9.17, 15) is 20.1 Å². The molecule has 1 heterocycles. The fraction of sp³-hybridized carbons (Fsp3) is 0.417. The molecule has 0 aromatic heterocycles. The Balaban J connectivity index is 2.39. The first-order chi connectivity index (χ1) is 11.1. The first kappa shape index (κ1) is 8.49. The van der Waals surface area contributed by atoms with Crippen LogP contribution in [-0.4, -0.2) is 57.1 Å². The van der Waals surface area contributed by atoms with Crippen molar-refractivity contribution >= 4 is 5.97 Å². The number of para-hydroxylation sites is 1. The third-order valence-corrected chi connectivity index (χ3v) is 2.52. The van der Waals surface area contributed by atoms with Crippen LogP contribution in [0.15, 0.2) is 30.2 Å². The van der Waals surface area contributed by atoms with Gasteiger partial charge in [-0.1, -0.05) is 18.1 Å². The molecule has 0 amide bonds. The van der Waals surface area contributed by atoms with Gasteiger partial charge in [0.15, 0.2) is 6.10 Å². The summed E-state index contributed by atoms with van der Waals surface area (Å²) in [5.41, 5.74) is 0. The summed E-state index contributed by atoms with van der Waals surface area (Å²) < 4.78 is 47.7. The van der Waals surface area contributed by atoms with Crippen molar-refractivity contribution in [3.63, 3.8) is 0 Å². The Morgan fingerprint density at radius 1 is 1.16 bits per heavy atom. The fourth-order valence-electron chi connectivity index (χ4n) is 1.56. The molecule has 19 heavy (non-hydrogen) atoms. The lowest BCUT2D eigenvalue weighted by Gasteiger charge is -2.38. The molecule has 1 saturated heterocycles. The average Bonchev–Trinajstić information content (AvgIpc) is 2.54. The molecule has 4 N–H and O–H groups in total. The van der Waals surface area contributed by atoms with Crippen molar-refractivity contribution in [3.05, 3.63) is 30.2 Å². The molecule has 0 bridgehead atoms. The normalized spacial score (nSPS) is 38.5. The Labute approximate surface area is 115 Å². The summed E-state index contributed by atoms with van der Waals surface area (Å²) in [6.07, 6.45) is -9.58. The van der Waals surface area contributed by atoms with Crippen LogP contribution >= 0.6 is 0 Å². The average molecular weight is 275 g/mol. The lowest BCUT2D eigenvalue weighted by Crippen LogP contribution is -2.61. The van der Waals surface area contributed by atoms with E-state index in [-0.39, 0.29) is 0 Å². The third kappa shape index (κ3) is 2.85. The molecule has 2 rings (SSSR count). The highest BCUT2D eigenvalue weighted by molar-refractivity contribution is 5.73. The molecule has 0 saturated carbocycles. The van der Waals surface area contributed by atoms with E-state index in [1.165, 1.54) is 0 Å². The number of carbonyl (C=O) groups is 1. The number of hydrogen-bond acceptors (Lipinski definition) is 6. The van der Waals surface area contributed by atoms with E-state index in [2.05, 4.69) is 0 Å². The van der Waals surface area contributed by atoms with Gasteiger partial charge in [-0.25, -0.2) is 4.79 Å². The lowest BCUT2D eigenvalue weighted by atomic mass is 9.99. The largest absolute Gasteiger partial charge is 0.479 e. The maximum absolute atomic E-state index is 11.0.